The number of nitriles is 2. The van der Waals surface area contributed by atoms with E-state index in [9.17, 15) is 0 Å². The van der Waals surface area contributed by atoms with Gasteiger partial charge in [0.1, 0.15) is 29.2 Å². The summed E-state index contributed by atoms with van der Waals surface area (Å²) in [5.74, 6) is 1.46. The van der Waals surface area contributed by atoms with E-state index < -0.39 is 0 Å². The molecule has 4 heteroatoms. The van der Waals surface area contributed by atoms with Crippen LogP contribution < -0.4 is 4.74 Å². The summed E-state index contributed by atoms with van der Waals surface area (Å²) in [6, 6.07) is 16.6. The molecule has 0 spiro atoms. The molecule has 0 radical (unpaired) electrons. The van der Waals surface area contributed by atoms with Crippen molar-refractivity contribution in [1.82, 2.24) is 0 Å². The van der Waals surface area contributed by atoms with Crippen molar-refractivity contribution >= 4 is 11.0 Å². The lowest BCUT2D eigenvalue weighted by molar-refractivity contribution is 0.415. The second kappa shape index (κ2) is 5.03. The van der Waals surface area contributed by atoms with Crippen LogP contribution >= 0.6 is 0 Å². The monoisotopic (exact) mass is 274 g/mol. The van der Waals surface area contributed by atoms with Crippen LogP contribution in [0.4, 0.5) is 0 Å². The molecule has 0 fully saturated rings. The molecule has 100 valence electrons. The van der Waals surface area contributed by atoms with Crippen molar-refractivity contribution in [3.8, 4) is 29.2 Å². The van der Waals surface area contributed by atoms with E-state index >= 15 is 0 Å². The smallest absolute Gasteiger partial charge is 0.136 e. The van der Waals surface area contributed by atoms with Crippen molar-refractivity contribution in [2.24, 2.45) is 0 Å². The second-order valence-electron chi connectivity index (χ2n) is 4.50. The number of rotatable bonds is 2. The normalized spacial score (nSPS) is 10.0. The highest BCUT2D eigenvalue weighted by atomic mass is 16.5. The van der Waals surface area contributed by atoms with E-state index in [4.69, 9.17) is 19.7 Å². The lowest BCUT2D eigenvalue weighted by Crippen LogP contribution is -1.81. The standard InChI is InChI=1S/C17H10N2O2/c1-20-15-4-2-11(3-5-15)16-7-12-6-13(9-18)14(10-19)8-17(12)21-16/h2-8H,1H3. The number of benzene rings is 2. The third-order valence-electron chi connectivity index (χ3n) is 3.27. The van der Waals surface area contributed by atoms with Crippen LogP contribution in [0.2, 0.25) is 0 Å². The Bertz CT molecular complexity index is 842. The van der Waals surface area contributed by atoms with Crippen LogP contribution in [-0.2, 0) is 0 Å². The predicted octanol–water partition coefficient (Wildman–Crippen LogP) is 3.85. The molecule has 0 N–H and O–H groups in total. The first kappa shape index (κ1) is 12.8. The zero-order chi connectivity index (χ0) is 14.8. The molecule has 0 atom stereocenters. The van der Waals surface area contributed by atoms with Crippen LogP contribution in [0.25, 0.3) is 22.3 Å². The molecule has 0 saturated heterocycles. The van der Waals surface area contributed by atoms with E-state index in [1.54, 1.807) is 19.2 Å². The third kappa shape index (κ3) is 2.20. The summed E-state index contributed by atoms with van der Waals surface area (Å²) in [7, 11) is 1.61. The molecular formula is C17H10N2O2. The average molecular weight is 274 g/mol. The molecule has 3 rings (SSSR count). The molecule has 4 nitrogen and oxygen atoms in total. The molecule has 0 aliphatic heterocycles. The van der Waals surface area contributed by atoms with Crippen LogP contribution in [0.1, 0.15) is 11.1 Å². The number of ether oxygens (including phenoxy) is 1. The number of hydrogen-bond acceptors (Lipinski definition) is 4. The molecule has 21 heavy (non-hydrogen) atoms. The van der Waals surface area contributed by atoms with Gasteiger partial charge in [-0.2, -0.15) is 10.5 Å². The van der Waals surface area contributed by atoms with Gasteiger partial charge in [0.05, 0.1) is 18.2 Å². The van der Waals surface area contributed by atoms with Gasteiger partial charge in [0.25, 0.3) is 0 Å². The fourth-order valence-electron chi connectivity index (χ4n) is 2.17. The molecule has 0 saturated carbocycles. The highest BCUT2D eigenvalue weighted by Gasteiger charge is 2.10. The first-order valence-corrected chi connectivity index (χ1v) is 6.27. The van der Waals surface area contributed by atoms with E-state index in [2.05, 4.69) is 0 Å². The van der Waals surface area contributed by atoms with Crippen molar-refractivity contribution in [3.63, 3.8) is 0 Å². The highest BCUT2D eigenvalue weighted by molar-refractivity contribution is 5.85. The number of furan rings is 1. The zero-order valence-corrected chi connectivity index (χ0v) is 11.3. The Morgan fingerprint density at radius 2 is 1.62 bits per heavy atom. The fourth-order valence-corrected chi connectivity index (χ4v) is 2.17. The Balaban J connectivity index is 2.12. The van der Waals surface area contributed by atoms with Gasteiger partial charge in [-0.15, -0.1) is 0 Å². The lowest BCUT2D eigenvalue weighted by atomic mass is 10.1. The van der Waals surface area contributed by atoms with E-state index in [0.717, 1.165) is 16.7 Å². The number of hydrogen-bond donors (Lipinski definition) is 0. The molecule has 0 aliphatic carbocycles. The summed E-state index contributed by atoms with van der Waals surface area (Å²) in [6.07, 6.45) is 0. The zero-order valence-electron chi connectivity index (χ0n) is 11.3. The molecule has 1 aromatic heterocycles. The van der Waals surface area contributed by atoms with E-state index in [0.29, 0.717) is 22.5 Å². The molecule has 2 aromatic carbocycles. The quantitative estimate of drug-likeness (QED) is 0.711. The van der Waals surface area contributed by atoms with E-state index in [1.165, 1.54) is 0 Å². The van der Waals surface area contributed by atoms with Gasteiger partial charge in [0.15, 0.2) is 0 Å². The highest BCUT2D eigenvalue weighted by Crippen LogP contribution is 2.30. The number of fused-ring (bicyclic) bond motifs is 1. The summed E-state index contributed by atoms with van der Waals surface area (Å²) < 4.78 is 10.9. The molecule has 0 aliphatic rings. The first-order chi connectivity index (χ1) is 10.2. The van der Waals surface area contributed by atoms with Crippen LogP contribution in [0.3, 0.4) is 0 Å². The van der Waals surface area contributed by atoms with Crippen LogP contribution in [0.5, 0.6) is 5.75 Å². The van der Waals surface area contributed by atoms with Crippen molar-refractivity contribution in [3.05, 3.63) is 53.6 Å². The first-order valence-electron chi connectivity index (χ1n) is 6.27. The molecule has 0 unspecified atom stereocenters. The van der Waals surface area contributed by atoms with Gasteiger partial charge in [-0.25, -0.2) is 0 Å². The van der Waals surface area contributed by atoms with E-state index in [-0.39, 0.29) is 0 Å². The second-order valence-corrected chi connectivity index (χ2v) is 4.50. The average Bonchev–Trinajstić information content (AvgIpc) is 2.96. The molecule has 0 amide bonds. The summed E-state index contributed by atoms with van der Waals surface area (Å²) in [4.78, 5) is 0. The molecule has 1 heterocycles. The maximum absolute atomic E-state index is 9.04. The summed E-state index contributed by atoms with van der Waals surface area (Å²) >= 11 is 0. The minimum absolute atomic E-state index is 0.320. The van der Waals surface area contributed by atoms with Gasteiger partial charge in [-0.3, -0.25) is 0 Å². The Kier molecular flexibility index (Phi) is 3.06. The van der Waals surface area contributed by atoms with E-state index in [1.807, 2.05) is 42.5 Å². The maximum atomic E-state index is 9.04. The van der Waals surface area contributed by atoms with Gasteiger partial charge >= 0.3 is 0 Å². The van der Waals surface area contributed by atoms with Crippen LogP contribution in [-0.4, -0.2) is 7.11 Å². The van der Waals surface area contributed by atoms with Crippen molar-refractivity contribution in [1.29, 1.82) is 10.5 Å². The summed E-state index contributed by atoms with van der Waals surface area (Å²) in [6.45, 7) is 0. The van der Waals surface area contributed by atoms with Gasteiger partial charge in [-0.05, 0) is 36.4 Å². The fraction of sp³-hybridized carbons (Fsp3) is 0.0588. The Morgan fingerprint density at radius 3 is 2.24 bits per heavy atom. The van der Waals surface area contributed by atoms with Crippen molar-refractivity contribution in [2.75, 3.05) is 7.11 Å². The third-order valence-corrected chi connectivity index (χ3v) is 3.27. The summed E-state index contributed by atoms with van der Waals surface area (Å²) in [5, 5.41) is 18.9. The SMILES string of the molecule is COc1ccc(-c2cc3cc(C#N)c(C#N)cc3o2)cc1. The van der Waals surface area contributed by atoms with Crippen molar-refractivity contribution in [2.45, 2.75) is 0 Å². The minimum atomic E-state index is 0.320. The summed E-state index contributed by atoms with van der Waals surface area (Å²) in [5.41, 5.74) is 2.17. The number of methoxy groups -OCH3 is 1. The molecular weight excluding hydrogens is 264 g/mol. The topological polar surface area (TPSA) is 69.9 Å². The Hall–Kier alpha value is -3.24. The minimum Gasteiger partial charge on any atom is -0.497 e. The largest absolute Gasteiger partial charge is 0.497 e. The van der Waals surface area contributed by atoms with Crippen LogP contribution in [0.15, 0.2) is 46.9 Å². The van der Waals surface area contributed by atoms with Gasteiger partial charge in [0.2, 0.25) is 0 Å². The Labute approximate surface area is 121 Å². The predicted molar refractivity (Wildman–Crippen MR) is 77.6 cm³/mol. The Morgan fingerprint density at radius 1 is 0.952 bits per heavy atom. The van der Waals surface area contributed by atoms with Gasteiger partial charge < -0.3 is 9.15 Å². The molecule has 0 bridgehead atoms. The van der Waals surface area contributed by atoms with Gasteiger partial charge in [0, 0.05) is 17.0 Å². The van der Waals surface area contributed by atoms with Crippen molar-refractivity contribution < 1.29 is 9.15 Å². The van der Waals surface area contributed by atoms with Crippen LogP contribution in [0, 0.1) is 22.7 Å². The molecule has 3 aromatic rings. The maximum Gasteiger partial charge on any atom is 0.136 e. The number of nitrogens with zero attached hydrogens (tertiary/aromatic N) is 2. The lowest BCUT2D eigenvalue weighted by Gasteiger charge is -2.00. The van der Waals surface area contributed by atoms with Gasteiger partial charge in [-0.1, -0.05) is 0 Å².